The SMILES string of the molecule is CC(C)=CCB1OC(C)(C)C(C)(CC2CCCC(C(=O)N(Cc3ccc(-c4ccc(N(C)C)cc4)cc3)c3cccc(Br)c3)C2)O1. The fourth-order valence-corrected chi connectivity index (χ4v) is 7.37. The lowest BCUT2D eigenvalue weighted by molar-refractivity contribution is -0.124. The van der Waals surface area contributed by atoms with Crippen molar-refractivity contribution >= 4 is 40.3 Å². The topological polar surface area (TPSA) is 42.0 Å². The van der Waals surface area contributed by atoms with Gasteiger partial charge >= 0.3 is 7.12 Å². The number of hydrogen-bond donors (Lipinski definition) is 0. The molecular weight excluding hydrogens is 635 g/mol. The van der Waals surface area contributed by atoms with Gasteiger partial charge in [0.1, 0.15) is 0 Å². The second-order valence-electron chi connectivity index (χ2n) is 14.4. The molecule has 2 aliphatic rings. The van der Waals surface area contributed by atoms with Gasteiger partial charge in [0.15, 0.2) is 0 Å². The summed E-state index contributed by atoms with van der Waals surface area (Å²) >= 11 is 3.64. The van der Waals surface area contributed by atoms with Crippen LogP contribution in [0.3, 0.4) is 0 Å². The molecule has 7 heteroatoms. The van der Waals surface area contributed by atoms with Crippen molar-refractivity contribution in [3.05, 3.63) is 94.5 Å². The lowest BCUT2D eigenvalue weighted by atomic mass is 9.72. The lowest BCUT2D eigenvalue weighted by Crippen LogP contribution is -2.47. The molecule has 0 N–H and O–H groups in total. The van der Waals surface area contributed by atoms with Gasteiger partial charge in [0.2, 0.25) is 5.91 Å². The van der Waals surface area contributed by atoms with Gasteiger partial charge in [-0.05, 0) is 107 Å². The van der Waals surface area contributed by atoms with E-state index in [0.29, 0.717) is 12.5 Å². The van der Waals surface area contributed by atoms with Gasteiger partial charge in [-0.2, -0.15) is 0 Å². The molecule has 3 aromatic carbocycles. The van der Waals surface area contributed by atoms with E-state index in [1.54, 1.807) is 0 Å². The molecular formula is C39H50BBrN2O3. The third-order valence-electron chi connectivity index (χ3n) is 10.0. The molecule has 0 spiro atoms. The van der Waals surface area contributed by atoms with Crippen LogP contribution < -0.4 is 9.80 Å². The number of rotatable bonds is 10. The highest BCUT2D eigenvalue weighted by Gasteiger charge is 2.54. The molecule has 1 amide bonds. The number of carbonyl (C=O) groups is 1. The van der Waals surface area contributed by atoms with Crippen LogP contribution in [0.1, 0.15) is 72.3 Å². The average Bonchev–Trinajstić information content (AvgIpc) is 3.25. The summed E-state index contributed by atoms with van der Waals surface area (Å²) in [7, 11) is 3.88. The van der Waals surface area contributed by atoms with E-state index >= 15 is 0 Å². The Labute approximate surface area is 285 Å². The molecule has 1 saturated heterocycles. The van der Waals surface area contributed by atoms with E-state index in [1.807, 2.05) is 23.1 Å². The Balaban J connectivity index is 1.31. The van der Waals surface area contributed by atoms with Crippen molar-refractivity contribution in [3.8, 4) is 11.1 Å². The second kappa shape index (κ2) is 14.5. The number of halogens is 1. The van der Waals surface area contributed by atoms with Crippen LogP contribution in [0.2, 0.25) is 6.32 Å². The van der Waals surface area contributed by atoms with Crippen LogP contribution in [0.15, 0.2) is 88.9 Å². The standard InChI is InChI=1S/C39H50BBrN2O3/c1-28(2)22-23-40-45-38(3,4)39(5,46-40)26-30-10-8-11-33(24-30)37(44)43(36-13-9-12-34(41)25-36)27-29-14-16-31(17-15-29)32-18-20-35(21-19-32)42(6)7/h9,12-22,25,30,33H,8,10-11,23-24,26-27H2,1-7H3. The highest BCUT2D eigenvalue weighted by Crippen LogP contribution is 2.46. The van der Waals surface area contributed by atoms with Gasteiger partial charge in [0, 0.05) is 42.2 Å². The smallest absolute Gasteiger partial charge is 0.403 e. The quantitative estimate of drug-likeness (QED) is 0.157. The van der Waals surface area contributed by atoms with E-state index in [9.17, 15) is 4.79 Å². The van der Waals surface area contributed by atoms with Gasteiger partial charge in [-0.3, -0.25) is 4.79 Å². The first-order valence-electron chi connectivity index (χ1n) is 16.8. The molecule has 3 atom stereocenters. The molecule has 2 fully saturated rings. The maximum atomic E-state index is 14.4. The van der Waals surface area contributed by atoms with Crippen LogP contribution in [0.4, 0.5) is 11.4 Å². The number of nitrogens with zero attached hydrogens (tertiary/aromatic N) is 2. The Morgan fingerprint density at radius 2 is 1.61 bits per heavy atom. The Hall–Kier alpha value is -2.87. The van der Waals surface area contributed by atoms with E-state index in [1.165, 1.54) is 22.4 Å². The predicted molar refractivity (Wildman–Crippen MR) is 196 cm³/mol. The zero-order valence-electron chi connectivity index (χ0n) is 28.7. The molecule has 244 valence electrons. The molecule has 1 aliphatic carbocycles. The fraction of sp³-hybridized carbons (Fsp3) is 0.462. The summed E-state index contributed by atoms with van der Waals surface area (Å²) in [5.41, 5.74) is 6.04. The summed E-state index contributed by atoms with van der Waals surface area (Å²) in [5.74, 6) is 0.587. The average molecular weight is 686 g/mol. The highest BCUT2D eigenvalue weighted by atomic mass is 79.9. The van der Waals surface area contributed by atoms with Crippen molar-refractivity contribution in [2.24, 2.45) is 11.8 Å². The zero-order chi connectivity index (χ0) is 33.1. The van der Waals surface area contributed by atoms with Crippen molar-refractivity contribution < 1.29 is 14.1 Å². The molecule has 46 heavy (non-hydrogen) atoms. The van der Waals surface area contributed by atoms with Crippen LogP contribution >= 0.6 is 15.9 Å². The van der Waals surface area contributed by atoms with Crippen LogP contribution in [-0.2, 0) is 20.6 Å². The van der Waals surface area contributed by atoms with Crippen molar-refractivity contribution in [1.82, 2.24) is 0 Å². The maximum Gasteiger partial charge on any atom is 0.461 e. The first-order valence-corrected chi connectivity index (χ1v) is 17.6. The minimum absolute atomic E-state index is 0.0253. The summed E-state index contributed by atoms with van der Waals surface area (Å²) < 4.78 is 14.0. The molecule has 0 aromatic heterocycles. The first kappa shape index (κ1) is 34.5. The summed E-state index contributed by atoms with van der Waals surface area (Å²) in [6, 6.07) is 25.4. The number of hydrogen-bond acceptors (Lipinski definition) is 4. The Bertz CT molecular complexity index is 1520. The van der Waals surface area contributed by atoms with E-state index in [0.717, 1.165) is 54.1 Å². The summed E-state index contributed by atoms with van der Waals surface area (Å²) in [5, 5.41) is 0. The normalized spacial score (nSPS) is 22.4. The fourth-order valence-electron chi connectivity index (χ4n) is 6.98. The Kier molecular flexibility index (Phi) is 10.9. The van der Waals surface area contributed by atoms with Crippen LogP contribution in [0.5, 0.6) is 0 Å². The summed E-state index contributed by atoms with van der Waals surface area (Å²) in [6.07, 6.45) is 7.80. The van der Waals surface area contributed by atoms with Crippen LogP contribution in [0, 0.1) is 11.8 Å². The van der Waals surface area contributed by atoms with Gasteiger partial charge in [0.25, 0.3) is 0 Å². The van der Waals surface area contributed by atoms with Gasteiger partial charge in [-0.25, -0.2) is 0 Å². The molecule has 1 aliphatic heterocycles. The van der Waals surface area contributed by atoms with Gasteiger partial charge in [-0.1, -0.05) is 82.9 Å². The number of anilines is 2. The van der Waals surface area contributed by atoms with Crippen molar-refractivity contribution in [2.75, 3.05) is 23.9 Å². The van der Waals surface area contributed by atoms with Crippen molar-refractivity contribution in [1.29, 1.82) is 0 Å². The summed E-state index contributed by atoms with van der Waals surface area (Å²) in [4.78, 5) is 18.5. The number of amides is 1. The van der Waals surface area contributed by atoms with E-state index in [4.69, 9.17) is 9.31 Å². The molecule has 1 saturated carbocycles. The number of allylic oxidation sites excluding steroid dienone is 2. The van der Waals surface area contributed by atoms with Crippen LogP contribution in [0.25, 0.3) is 11.1 Å². The van der Waals surface area contributed by atoms with Gasteiger partial charge in [-0.15, -0.1) is 0 Å². The first-order chi connectivity index (χ1) is 21.8. The lowest BCUT2D eigenvalue weighted by Gasteiger charge is -2.41. The Morgan fingerprint density at radius 3 is 2.24 bits per heavy atom. The molecule has 0 bridgehead atoms. The van der Waals surface area contributed by atoms with Crippen molar-refractivity contribution in [2.45, 2.75) is 90.8 Å². The Morgan fingerprint density at radius 1 is 0.935 bits per heavy atom. The molecule has 3 unspecified atom stereocenters. The molecule has 3 aromatic rings. The zero-order valence-corrected chi connectivity index (χ0v) is 30.3. The predicted octanol–water partition coefficient (Wildman–Crippen LogP) is 9.95. The maximum absolute atomic E-state index is 14.4. The second-order valence-corrected chi connectivity index (χ2v) is 15.3. The van der Waals surface area contributed by atoms with E-state index < -0.39 is 11.2 Å². The molecule has 0 radical (unpaired) electrons. The third kappa shape index (κ3) is 8.16. The minimum Gasteiger partial charge on any atom is -0.403 e. The van der Waals surface area contributed by atoms with E-state index in [-0.39, 0.29) is 18.9 Å². The van der Waals surface area contributed by atoms with Gasteiger partial charge in [0.05, 0.1) is 17.7 Å². The minimum atomic E-state index is -0.402. The van der Waals surface area contributed by atoms with Crippen molar-refractivity contribution in [3.63, 3.8) is 0 Å². The van der Waals surface area contributed by atoms with Crippen LogP contribution in [-0.4, -0.2) is 38.3 Å². The van der Waals surface area contributed by atoms with Gasteiger partial charge < -0.3 is 19.1 Å². The van der Waals surface area contributed by atoms with E-state index in [2.05, 4.69) is 130 Å². The summed E-state index contributed by atoms with van der Waals surface area (Å²) in [6.45, 7) is 11.3. The highest BCUT2D eigenvalue weighted by molar-refractivity contribution is 9.10. The largest absolute Gasteiger partial charge is 0.461 e. The monoisotopic (exact) mass is 684 g/mol. The molecule has 5 nitrogen and oxygen atoms in total. The third-order valence-corrected chi connectivity index (χ3v) is 10.5. The number of carbonyl (C=O) groups excluding carboxylic acids is 1. The number of benzene rings is 3. The molecule has 1 heterocycles. The molecule has 5 rings (SSSR count).